The van der Waals surface area contributed by atoms with E-state index in [2.05, 4.69) is 4.98 Å². The van der Waals surface area contributed by atoms with Crippen LogP contribution >= 0.6 is 11.6 Å². The van der Waals surface area contributed by atoms with Gasteiger partial charge in [-0.2, -0.15) is 13.2 Å². The molecule has 2 aromatic rings. The van der Waals surface area contributed by atoms with Crippen LogP contribution in [0.4, 0.5) is 13.2 Å². The van der Waals surface area contributed by atoms with Crippen molar-refractivity contribution in [3.05, 3.63) is 34.2 Å². The number of hydrogen-bond donors (Lipinski definition) is 0. The fourth-order valence-electron chi connectivity index (χ4n) is 2.47. The standard InChI is InChI=1S/C17H20ClF3N2O2/c1-4-5-6-14(24)25-9-13-15(10(2)3)22-16-12(18)7-11(8-23(13)16)17(19,20)21/h7-8,10H,4-6,9H2,1-3H3. The zero-order chi connectivity index (χ0) is 18.8. The third-order valence-corrected chi connectivity index (χ3v) is 4.06. The minimum absolute atomic E-state index is 0.0605. The van der Waals surface area contributed by atoms with Crippen LogP contribution in [0.5, 0.6) is 0 Å². The zero-order valence-corrected chi connectivity index (χ0v) is 15.0. The maximum absolute atomic E-state index is 13.1. The van der Waals surface area contributed by atoms with Crippen LogP contribution < -0.4 is 0 Å². The molecular formula is C17H20ClF3N2O2. The van der Waals surface area contributed by atoms with E-state index in [1.54, 1.807) is 0 Å². The molecule has 4 nitrogen and oxygen atoms in total. The lowest BCUT2D eigenvalue weighted by molar-refractivity contribution is -0.145. The summed E-state index contributed by atoms with van der Waals surface area (Å²) in [5, 5.41) is -0.0970. The highest BCUT2D eigenvalue weighted by atomic mass is 35.5. The molecule has 0 amide bonds. The molecule has 2 heterocycles. The van der Waals surface area contributed by atoms with E-state index in [9.17, 15) is 18.0 Å². The first-order chi connectivity index (χ1) is 11.6. The van der Waals surface area contributed by atoms with Gasteiger partial charge in [0, 0.05) is 12.6 Å². The van der Waals surface area contributed by atoms with Crippen LogP contribution in [0, 0.1) is 0 Å². The number of imidazole rings is 1. The van der Waals surface area contributed by atoms with Crippen LogP contribution in [0.3, 0.4) is 0 Å². The van der Waals surface area contributed by atoms with Crippen LogP contribution in [-0.4, -0.2) is 15.4 Å². The molecular weight excluding hydrogens is 357 g/mol. The van der Waals surface area contributed by atoms with Gasteiger partial charge in [0.1, 0.15) is 6.61 Å². The summed E-state index contributed by atoms with van der Waals surface area (Å²) in [6.07, 6.45) is -1.76. The Balaban J connectivity index is 2.46. The predicted molar refractivity (Wildman–Crippen MR) is 88.6 cm³/mol. The highest BCUT2D eigenvalue weighted by molar-refractivity contribution is 6.33. The molecule has 0 fully saturated rings. The average Bonchev–Trinajstić information content (AvgIpc) is 2.89. The molecule has 0 saturated heterocycles. The van der Waals surface area contributed by atoms with Crippen LogP contribution in [0.2, 0.25) is 5.02 Å². The predicted octanol–water partition coefficient (Wildman–Crippen LogP) is 5.36. The molecule has 0 aromatic carbocycles. The van der Waals surface area contributed by atoms with Crippen molar-refractivity contribution in [2.75, 3.05) is 0 Å². The molecule has 0 unspecified atom stereocenters. The van der Waals surface area contributed by atoms with E-state index in [-0.39, 0.29) is 35.6 Å². The van der Waals surface area contributed by atoms with Crippen molar-refractivity contribution in [2.45, 2.75) is 58.7 Å². The number of hydrogen-bond acceptors (Lipinski definition) is 3. The molecule has 0 N–H and O–H groups in total. The van der Waals surface area contributed by atoms with E-state index in [1.165, 1.54) is 4.40 Å². The van der Waals surface area contributed by atoms with Crippen molar-refractivity contribution in [1.29, 1.82) is 0 Å². The van der Waals surface area contributed by atoms with E-state index < -0.39 is 11.7 Å². The number of halogens is 4. The number of carbonyl (C=O) groups excluding carboxylic acids is 1. The quantitative estimate of drug-likeness (QED) is 0.637. The Morgan fingerprint density at radius 1 is 1.40 bits per heavy atom. The van der Waals surface area contributed by atoms with Crippen molar-refractivity contribution in [3.63, 3.8) is 0 Å². The summed E-state index contributed by atoms with van der Waals surface area (Å²) in [6.45, 7) is 5.54. The molecule has 0 spiro atoms. The number of nitrogens with zero attached hydrogens (tertiary/aromatic N) is 2. The molecule has 0 radical (unpaired) electrons. The Hall–Kier alpha value is -1.76. The van der Waals surface area contributed by atoms with E-state index >= 15 is 0 Å². The summed E-state index contributed by atoms with van der Waals surface area (Å²) >= 11 is 6.00. The molecule has 0 bridgehead atoms. The van der Waals surface area contributed by atoms with Crippen LogP contribution in [0.15, 0.2) is 12.3 Å². The second kappa shape index (κ2) is 7.64. The topological polar surface area (TPSA) is 43.6 Å². The van der Waals surface area contributed by atoms with Crippen molar-refractivity contribution in [3.8, 4) is 0 Å². The first-order valence-corrected chi connectivity index (χ1v) is 8.46. The highest BCUT2D eigenvalue weighted by Gasteiger charge is 2.32. The SMILES string of the molecule is CCCCC(=O)OCc1c(C(C)C)nc2c(Cl)cc(C(F)(F)F)cn12. The monoisotopic (exact) mass is 376 g/mol. The fourth-order valence-corrected chi connectivity index (χ4v) is 2.72. The Labute approximate surface area is 148 Å². The van der Waals surface area contributed by atoms with Gasteiger partial charge in [0.15, 0.2) is 5.65 Å². The number of rotatable bonds is 6. The number of fused-ring (bicyclic) bond motifs is 1. The molecule has 8 heteroatoms. The van der Waals surface area contributed by atoms with Gasteiger partial charge >= 0.3 is 12.1 Å². The van der Waals surface area contributed by atoms with Gasteiger partial charge in [0.2, 0.25) is 0 Å². The van der Waals surface area contributed by atoms with Crippen LogP contribution in [0.1, 0.15) is 62.9 Å². The Morgan fingerprint density at radius 3 is 2.64 bits per heavy atom. The number of ether oxygens (including phenoxy) is 1. The molecule has 0 atom stereocenters. The summed E-state index contributed by atoms with van der Waals surface area (Å²) in [5.41, 5.74) is 0.307. The molecule has 2 rings (SSSR count). The summed E-state index contributed by atoms with van der Waals surface area (Å²) in [5.74, 6) is -0.445. The van der Waals surface area contributed by atoms with Gasteiger partial charge in [-0.25, -0.2) is 4.98 Å². The molecule has 0 aliphatic rings. The maximum atomic E-state index is 13.1. The molecule has 138 valence electrons. The van der Waals surface area contributed by atoms with Gasteiger partial charge in [-0.15, -0.1) is 0 Å². The minimum Gasteiger partial charge on any atom is -0.459 e. The van der Waals surface area contributed by atoms with Gasteiger partial charge in [0.05, 0.1) is 22.0 Å². The van der Waals surface area contributed by atoms with Crippen LogP contribution in [0.25, 0.3) is 5.65 Å². The van der Waals surface area contributed by atoms with E-state index in [1.807, 2.05) is 20.8 Å². The first kappa shape index (κ1) is 19.6. The summed E-state index contributed by atoms with van der Waals surface area (Å²) in [6, 6.07) is 0.852. The number of carbonyl (C=O) groups is 1. The molecule has 25 heavy (non-hydrogen) atoms. The van der Waals surface area contributed by atoms with Crippen LogP contribution in [-0.2, 0) is 22.3 Å². The molecule has 0 saturated carbocycles. The average molecular weight is 377 g/mol. The number of pyridine rings is 1. The van der Waals surface area contributed by atoms with Crippen molar-refractivity contribution in [2.24, 2.45) is 0 Å². The third kappa shape index (κ3) is 4.45. The van der Waals surface area contributed by atoms with Gasteiger partial charge in [-0.3, -0.25) is 9.20 Å². The third-order valence-electron chi connectivity index (χ3n) is 3.78. The first-order valence-electron chi connectivity index (χ1n) is 8.08. The van der Waals surface area contributed by atoms with E-state index in [4.69, 9.17) is 16.3 Å². The second-order valence-corrected chi connectivity index (χ2v) is 6.54. The zero-order valence-electron chi connectivity index (χ0n) is 14.3. The molecule has 0 aliphatic carbocycles. The number of esters is 1. The minimum atomic E-state index is -4.53. The normalized spacial score (nSPS) is 12.2. The smallest absolute Gasteiger partial charge is 0.417 e. The summed E-state index contributed by atoms with van der Waals surface area (Å²) in [7, 11) is 0. The lowest BCUT2D eigenvalue weighted by atomic mass is 10.1. The largest absolute Gasteiger partial charge is 0.459 e. The number of aromatic nitrogens is 2. The van der Waals surface area contributed by atoms with Gasteiger partial charge in [-0.05, 0) is 18.4 Å². The Kier molecular flexibility index (Phi) is 5.98. The second-order valence-electron chi connectivity index (χ2n) is 6.13. The van der Waals surface area contributed by atoms with Crippen molar-refractivity contribution in [1.82, 2.24) is 9.38 Å². The molecule has 2 aromatic heterocycles. The highest BCUT2D eigenvalue weighted by Crippen LogP contribution is 2.34. The lowest BCUT2D eigenvalue weighted by Crippen LogP contribution is -2.10. The van der Waals surface area contributed by atoms with E-state index in [0.717, 1.165) is 18.7 Å². The molecule has 0 aliphatic heterocycles. The van der Waals surface area contributed by atoms with Gasteiger partial charge in [-0.1, -0.05) is 38.8 Å². The fraction of sp³-hybridized carbons (Fsp3) is 0.529. The van der Waals surface area contributed by atoms with Crippen molar-refractivity contribution < 1.29 is 22.7 Å². The van der Waals surface area contributed by atoms with Gasteiger partial charge in [0.25, 0.3) is 0 Å². The summed E-state index contributed by atoms with van der Waals surface area (Å²) in [4.78, 5) is 16.1. The lowest BCUT2D eigenvalue weighted by Gasteiger charge is -2.11. The van der Waals surface area contributed by atoms with Crippen molar-refractivity contribution >= 4 is 23.2 Å². The number of alkyl halides is 3. The number of unbranched alkanes of at least 4 members (excludes halogenated alkanes) is 1. The Bertz CT molecular complexity index is 769. The Morgan fingerprint density at radius 2 is 2.08 bits per heavy atom. The van der Waals surface area contributed by atoms with E-state index in [0.29, 0.717) is 17.8 Å². The van der Waals surface area contributed by atoms with Gasteiger partial charge < -0.3 is 4.74 Å². The summed E-state index contributed by atoms with van der Waals surface area (Å²) < 4.78 is 45.7. The maximum Gasteiger partial charge on any atom is 0.417 e.